The lowest BCUT2D eigenvalue weighted by Crippen LogP contribution is -2.34. The van der Waals surface area contributed by atoms with E-state index in [1.54, 1.807) is 6.20 Å². The molecule has 0 spiro atoms. The molecule has 0 unspecified atom stereocenters. The second-order valence-corrected chi connectivity index (χ2v) is 4.76. The zero-order valence-corrected chi connectivity index (χ0v) is 11.3. The molecule has 0 aliphatic rings. The first-order valence-electron chi connectivity index (χ1n) is 6.72. The molecule has 4 heteroatoms. The summed E-state index contributed by atoms with van der Waals surface area (Å²) in [6.45, 7) is 0. The second-order valence-electron chi connectivity index (χ2n) is 4.76. The van der Waals surface area contributed by atoms with Crippen LogP contribution in [0.1, 0.15) is 0 Å². The number of hydrogen-bond donors (Lipinski definition) is 2. The fourth-order valence-corrected chi connectivity index (χ4v) is 2.32. The van der Waals surface area contributed by atoms with Crippen LogP contribution in [0.15, 0.2) is 72.9 Å². The minimum Gasteiger partial charge on any atom is -0.422 e. The lowest BCUT2D eigenvalue weighted by atomic mass is 9.79. The van der Waals surface area contributed by atoms with Crippen LogP contribution in [0, 0.1) is 0 Å². The molecule has 3 rings (SSSR count). The zero-order valence-electron chi connectivity index (χ0n) is 11.3. The van der Waals surface area contributed by atoms with Crippen molar-refractivity contribution in [1.82, 2.24) is 4.98 Å². The molecule has 0 saturated heterocycles. The van der Waals surface area contributed by atoms with Crippen LogP contribution in [-0.2, 0) is 0 Å². The van der Waals surface area contributed by atoms with Gasteiger partial charge in [0.1, 0.15) is 0 Å². The van der Waals surface area contributed by atoms with Gasteiger partial charge in [-0.1, -0.05) is 60.7 Å². The van der Waals surface area contributed by atoms with E-state index in [0.29, 0.717) is 0 Å². The number of benzene rings is 2. The van der Waals surface area contributed by atoms with Crippen LogP contribution in [-0.4, -0.2) is 22.2 Å². The van der Waals surface area contributed by atoms with Gasteiger partial charge in [-0.2, -0.15) is 0 Å². The minimum absolute atomic E-state index is 0.265. The third-order valence-electron chi connectivity index (χ3n) is 3.35. The SMILES string of the molecule is OB(O)c1ncc(-c2ccccc2)cc1-c1ccccc1. The summed E-state index contributed by atoms with van der Waals surface area (Å²) in [6.07, 6.45) is 1.66. The fraction of sp³-hybridized carbons (Fsp3) is 0. The molecule has 1 heterocycles. The largest absolute Gasteiger partial charge is 0.508 e. The van der Waals surface area contributed by atoms with Crippen molar-refractivity contribution in [3.8, 4) is 22.3 Å². The first-order valence-corrected chi connectivity index (χ1v) is 6.72. The zero-order chi connectivity index (χ0) is 14.7. The summed E-state index contributed by atoms with van der Waals surface area (Å²) in [5, 5.41) is 19.0. The van der Waals surface area contributed by atoms with Gasteiger partial charge >= 0.3 is 7.12 Å². The first-order chi connectivity index (χ1) is 10.3. The van der Waals surface area contributed by atoms with Gasteiger partial charge in [0.05, 0.1) is 5.59 Å². The summed E-state index contributed by atoms with van der Waals surface area (Å²) in [7, 11) is -1.59. The Balaban J connectivity index is 2.16. The molecule has 2 N–H and O–H groups in total. The Kier molecular flexibility index (Phi) is 3.82. The Morgan fingerprint density at radius 1 is 0.714 bits per heavy atom. The standard InChI is InChI=1S/C17H14BNO2/c20-18(21)17-16(14-9-5-2-6-10-14)11-15(12-19-17)13-7-3-1-4-8-13/h1-12,20-21H. The second kappa shape index (κ2) is 5.91. The van der Waals surface area contributed by atoms with Crippen molar-refractivity contribution >= 4 is 12.7 Å². The quantitative estimate of drug-likeness (QED) is 0.720. The monoisotopic (exact) mass is 275 g/mol. The molecule has 2 aromatic carbocycles. The minimum atomic E-state index is -1.59. The van der Waals surface area contributed by atoms with Crippen molar-refractivity contribution in [2.75, 3.05) is 0 Å². The molecule has 0 bridgehead atoms. The highest BCUT2D eigenvalue weighted by atomic mass is 16.4. The topological polar surface area (TPSA) is 53.4 Å². The number of aromatic nitrogens is 1. The Labute approximate surface area is 123 Å². The molecule has 0 fully saturated rings. The molecule has 0 aliphatic heterocycles. The van der Waals surface area contributed by atoms with E-state index in [4.69, 9.17) is 0 Å². The summed E-state index contributed by atoms with van der Waals surface area (Å²) in [6, 6.07) is 21.4. The van der Waals surface area contributed by atoms with Gasteiger partial charge < -0.3 is 10.0 Å². The predicted molar refractivity (Wildman–Crippen MR) is 84.9 cm³/mol. The Morgan fingerprint density at radius 3 is 1.86 bits per heavy atom. The van der Waals surface area contributed by atoms with Gasteiger partial charge in [0.2, 0.25) is 0 Å². The molecule has 3 nitrogen and oxygen atoms in total. The highest BCUT2D eigenvalue weighted by Gasteiger charge is 2.19. The number of pyridine rings is 1. The lowest BCUT2D eigenvalue weighted by Gasteiger charge is -2.11. The Hall–Kier alpha value is -2.43. The summed E-state index contributed by atoms with van der Waals surface area (Å²) in [5.41, 5.74) is 3.89. The van der Waals surface area contributed by atoms with Crippen LogP contribution in [0.5, 0.6) is 0 Å². The van der Waals surface area contributed by atoms with E-state index < -0.39 is 7.12 Å². The smallest absolute Gasteiger partial charge is 0.422 e. The highest BCUT2D eigenvalue weighted by Crippen LogP contribution is 2.24. The first kappa shape index (κ1) is 13.6. The van der Waals surface area contributed by atoms with Gasteiger partial charge in [0.15, 0.2) is 0 Å². The van der Waals surface area contributed by atoms with E-state index in [9.17, 15) is 10.0 Å². The van der Waals surface area contributed by atoms with Gasteiger partial charge in [-0.05, 0) is 17.2 Å². The highest BCUT2D eigenvalue weighted by molar-refractivity contribution is 6.59. The summed E-state index contributed by atoms with van der Waals surface area (Å²) in [5.74, 6) is 0. The van der Waals surface area contributed by atoms with Crippen LogP contribution in [0.3, 0.4) is 0 Å². The van der Waals surface area contributed by atoms with Gasteiger partial charge in [-0.25, -0.2) is 0 Å². The van der Waals surface area contributed by atoms with Crippen molar-refractivity contribution in [3.63, 3.8) is 0 Å². The van der Waals surface area contributed by atoms with E-state index in [1.807, 2.05) is 66.7 Å². The molecule has 0 saturated carbocycles. The normalized spacial score (nSPS) is 10.4. The van der Waals surface area contributed by atoms with Crippen LogP contribution >= 0.6 is 0 Å². The number of hydrogen-bond acceptors (Lipinski definition) is 3. The molecule has 0 atom stereocenters. The summed E-state index contributed by atoms with van der Waals surface area (Å²) in [4.78, 5) is 4.23. The van der Waals surface area contributed by atoms with Crippen molar-refractivity contribution < 1.29 is 10.0 Å². The summed E-state index contributed by atoms with van der Waals surface area (Å²) >= 11 is 0. The average Bonchev–Trinajstić information content (AvgIpc) is 2.56. The van der Waals surface area contributed by atoms with E-state index in [0.717, 1.165) is 22.3 Å². The van der Waals surface area contributed by atoms with Crippen LogP contribution in [0.2, 0.25) is 0 Å². The van der Waals surface area contributed by atoms with E-state index in [-0.39, 0.29) is 5.59 Å². The van der Waals surface area contributed by atoms with Gasteiger partial charge in [-0.3, -0.25) is 4.98 Å². The van der Waals surface area contributed by atoms with Gasteiger partial charge in [-0.15, -0.1) is 0 Å². The van der Waals surface area contributed by atoms with Crippen molar-refractivity contribution in [2.24, 2.45) is 0 Å². The molecular weight excluding hydrogens is 261 g/mol. The Bertz CT molecular complexity index is 730. The Morgan fingerprint density at radius 2 is 1.29 bits per heavy atom. The molecule has 1 aromatic heterocycles. The van der Waals surface area contributed by atoms with E-state index in [1.165, 1.54) is 0 Å². The average molecular weight is 275 g/mol. The van der Waals surface area contributed by atoms with Crippen LogP contribution in [0.4, 0.5) is 0 Å². The molecule has 0 radical (unpaired) electrons. The van der Waals surface area contributed by atoms with Crippen LogP contribution in [0.25, 0.3) is 22.3 Å². The molecule has 102 valence electrons. The van der Waals surface area contributed by atoms with E-state index in [2.05, 4.69) is 4.98 Å². The summed E-state index contributed by atoms with van der Waals surface area (Å²) < 4.78 is 0. The van der Waals surface area contributed by atoms with E-state index >= 15 is 0 Å². The predicted octanol–water partition coefficient (Wildman–Crippen LogP) is 2.10. The maximum Gasteiger partial charge on any atom is 0.508 e. The molecule has 3 aromatic rings. The molecule has 21 heavy (non-hydrogen) atoms. The van der Waals surface area contributed by atoms with Gasteiger partial charge in [0.25, 0.3) is 0 Å². The number of nitrogens with zero attached hydrogens (tertiary/aromatic N) is 1. The maximum absolute atomic E-state index is 9.52. The van der Waals surface area contributed by atoms with Crippen molar-refractivity contribution in [3.05, 3.63) is 72.9 Å². The molecular formula is C17H14BNO2. The third-order valence-corrected chi connectivity index (χ3v) is 3.35. The maximum atomic E-state index is 9.52. The third kappa shape index (κ3) is 2.87. The fourth-order valence-electron chi connectivity index (χ4n) is 2.32. The molecule has 0 aliphatic carbocycles. The molecule has 0 amide bonds. The van der Waals surface area contributed by atoms with Crippen molar-refractivity contribution in [1.29, 1.82) is 0 Å². The van der Waals surface area contributed by atoms with Crippen LogP contribution < -0.4 is 5.59 Å². The van der Waals surface area contributed by atoms with Crippen molar-refractivity contribution in [2.45, 2.75) is 0 Å². The number of rotatable bonds is 3. The lowest BCUT2D eigenvalue weighted by molar-refractivity contribution is 0.424. The van der Waals surface area contributed by atoms with Gasteiger partial charge in [0, 0.05) is 17.3 Å².